The Morgan fingerprint density at radius 3 is 2.57 bits per heavy atom. The third-order valence-electron chi connectivity index (χ3n) is 3.25. The number of hydrogen-bond acceptors (Lipinski definition) is 8. The molecular formula is C11H16N4O5Rh2S-2. The van der Waals surface area contributed by atoms with E-state index in [0.717, 1.165) is 0 Å². The Morgan fingerprint density at radius 2 is 2.00 bits per heavy atom. The van der Waals surface area contributed by atoms with Crippen LogP contribution in [0.2, 0.25) is 0 Å². The number of aliphatic hydroxyl groups is 2. The van der Waals surface area contributed by atoms with Gasteiger partial charge in [0.2, 0.25) is 0 Å². The predicted octanol–water partition coefficient (Wildman–Crippen LogP) is -1.88. The smallest absolute Gasteiger partial charge is 0.333 e. The Kier molecular flexibility index (Phi) is 9.38. The van der Waals surface area contributed by atoms with Crippen LogP contribution in [0.25, 0.3) is 0 Å². The van der Waals surface area contributed by atoms with E-state index < -0.39 is 34.5 Å². The van der Waals surface area contributed by atoms with Crippen molar-refractivity contribution in [2.45, 2.75) is 31.6 Å². The molecule has 2 rings (SSSR count). The van der Waals surface area contributed by atoms with Gasteiger partial charge in [0.25, 0.3) is 0 Å². The van der Waals surface area contributed by atoms with Crippen molar-refractivity contribution in [2.24, 2.45) is 11.1 Å². The summed E-state index contributed by atoms with van der Waals surface area (Å²) in [5.41, 5.74) is 0.578. The summed E-state index contributed by atoms with van der Waals surface area (Å²) in [6.45, 7) is 1.42. The average molecular weight is 522 g/mol. The number of aromatic nitrogens is 2. The molecule has 136 valence electrons. The molecule has 1 fully saturated rings. The van der Waals surface area contributed by atoms with Crippen LogP contribution in [0.5, 0.6) is 0 Å². The van der Waals surface area contributed by atoms with E-state index in [1.807, 2.05) is 0 Å². The van der Waals surface area contributed by atoms with Gasteiger partial charge in [-0.3, -0.25) is 9.88 Å². The van der Waals surface area contributed by atoms with E-state index in [1.165, 1.54) is 0 Å². The van der Waals surface area contributed by atoms with Crippen LogP contribution in [0.1, 0.15) is 12.1 Å². The maximum atomic E-state index is 10.8. The zero-order valence-corrected chi connectivity index (χ0v) is 16.0. The fraction of sp³-hybridized carbons (Fsp3) is 0.636. The Morgan fingerprint density at radius 1 is 1.35 bits per heavy atom. The van der Waals surface area contributed by atoms with Crippen molar-refractivity contribution in [1.82, 2.24) is 9.97 Å². The number of hydrogen-bond donors (Lipinski definition) is 4. The van der Waals surface area contributed by atoms with Crippen molar-refractivity contribution < 1.29 is 61.8 Å². The minimum atomic E-state index is -4.08. The van der Waals surface area contributed by atoms with Crippen LogP contribution in [0.3, 0.4) is 0 Å². The Labute approximate surface area is 160 Å². The van der Waals surface area contributed by atoms with Gasteiger partial charge in [0.15, 0.2) is 0 Å². The van der Waals surface area contributed by atoms with E-state index in [-0.39, 0.29) is 52.0 Å². The molecule has 0 aromatic carbocycles. The van der Waals surface area contributed by atoms with Gasteiger partial charge in [0.1, 0.15) is 0 Å². The molecule has 0 bridgehead atoms. The zero-order valence-electron chi connectivity index (χ0n) is 11.9. The number of aryl methyl sites for hydroxylation is 1. The van der Waals surface area contributed by atoms with Crippen LogP contribution in [0, 0.1) is 25.2 Å². The maximum Gasteiger partial charge on any atom is 0.333 e. The van der Waals surface area contributed by atoms with Gasteiger partial charge in [-0.25, -0.2) is 5.14 Å². The minimum absolute atomic E-state index is 0. The van der Waals surface area contributed by atoms with Crippen molar-refractivity contribution in [1.29, 1.82) is 0 Å². The molecule has 0 amide bonds. The second kappa shape index (κ2) is 9.41. The van der Waals surface area contributed by atoms with Gasteiger partial charge in [-0.05, 0) is 6.42 Å². The largest absolute Gasteiger partial charge is 0.550 e. The number of rotatable bonds is 5. The second-order valence-corrected chi connectivity index (χ2v) is 6.11. The van der Waals surface area contributed by atoms with Crippen LogP contribution in [0.4, 0.5) is 5.82 Å². The number of anilines is 1. The third kappa shape index (κ3) is 6.74. The summed E-state index contributed by atoms with van der Waals surface area (Å²) in [6, 6.07) is 2.32. The molecule has 1 aromatic rings. The van der Waals surface area contributed by atoms with E-state index in [9.17, 15) is 18.6 Å². The van der Waals surface area contributed by atoms with Crippen LogP contribution >= 0.6 is 0 Å². The van der Waals surface area contributed by atoms with E-state index in [1.54, 1.807) is 6.92 Å². The first-order chi connectivity index (χ1) is 9.76. The quantitative estimate of drug-likeness (QED) is 0.260. The van der Waals surface area contributed by atoms with E-state index in [0.29, 0.717) is 11.5 Å². The maximum absolute atomic E-state index is 10.8. The molecule has 0 aliphatic heterocycles. The van der Waals surface area contributed by atoms with Gasteiger partial charge in [0, 0.05) is 57.2 Å². The summed E-state index contributed by atoms with van der Waals surface area (Å²) in [6.07, 6.45) is 0.490. The molecule has 12 heteroatoms. The molecule has 2 radical (unpaired) electrons. The third-order valence-corrected chi connectivity index (χ3v) is 3.71. The molecule has 5 N–H and O–H groups in total. The number of nitrogens with one attached hydrogen (secondary N) is 1. The van der Waals surface area contributed by atoms with Gasteiger partial charge in [0.05, 0.1) is 18.8 Å². The second-order valence-electron chi connectivity index (χ2n) is 4.89. The van der Waals surface area contributed by atoms with Crippen molar-refractivity contribution in [2.75, 3.05) is 11.9 Å². The molecule has 23 heavy (non-hydrogen) atoms. The molecule has 1 aromatic heterocycles. The summed E-state index contributed by atoms with van der Waals surface area (Å²) in [5.74, 6) is -0.227. The number of nitrogens with two attached hydrogens (primary N) is 1. The number of nitrogens with zero attached hydrogens (tertiary/aromatic N) is 2. The van der Waals surface area contributed by atoms with E-state index in [4.69, 9.17) is 5.14 Å². The molecule has 1 heterocycles. The van der Waals surface area contributed by atoms with Gasteiger partial charge in [-0.15, -0.1) is 6.92 Å². The molecule has 1 aliphatic rings. The van der Waals surface area contributed by atoms with E-state index in [2.05, 4.69) is 31.9 Å². The van der Waals surface area contributed by atoms with Gasteiger partial charge >= 0.3 is 10.3 Å². The topological polar surface area (TPSA) is 148 Å². The SMILES string of the molecule is Cc1[c-]c(N[C@@H]2C[C@@H](COS(N)(=O)=O)[C@@H](O)[C@H]2O)n[c-]n1.[Rh].[Rh]. The van der Waals surface area contributed by atoms with E-state index >= 15 is 0 Å². The fourth-order valence-electron chi connectivity index (χ4n) is 2.24. The van der Waals surface area contributed by atoms with Crippen LogP contribution in [-0.4, -0.2) is 53.5 Å². The van der Waals surface area contributed by atoms with Crippen molar-refractivity contribution in [3.05, 3.63) is 18.1 Å². The first-order valence-electron chi connectivity index (χ1n) is 6.20. The summed E-state index contributed by atoms with van der Waals surface area (Å²) >= 11 is 0. The first kappa shape index (κ1) is 22.9. The van der Waals surface area contributed by atoms with Crippen LogP contribution in [0.15, 0.2) is 0 Å². The summed E-state index contributed by atoms with van der Waals surface area (Å²) < 4.78 is 26.0. The summed E-state index contributed by atoms with van der Waals surface area (Å²) in [5, 5.41) is 27.5. The molecule has 0 spiro atoms. The summed E-state index contributed by atoms with van der Waals surface area (Å²) in [4.78, 5) is 7.61. The van der Waals surface area contributed by atoms with Gasteiger partial charge in [-0.2, -0.15) is 14.2 Å². The normalized spacial score (nSPS) is 27.0. The molecule has 4 atom stereocenters. The Hall–Kier alpha value is -0.0832. The van der Waals surface area contributed by atoms with Gasteiger partial charge in [-0.1, -0.05) is 0 Å². The fourth-order valence-corrected chi connectivity index (χ4v) is 2.60. The van der Waals surface area contributed by atoms with Crippen molar-refractivity contribution >= 4 is 16.1 Å². The average Bonchev–Trinajstić information content (AvgIpc) is 2.64. The molecule has 1 aliphatic carbocycles. The van der Waals surface area contributed by atoms with Crippen molar-refractivity contribution in [3.63, 3.8) is 0 Å². The van der Waals surface area contributed by atoms with Crippen LogP contribution < -0.4 is 10.5 Å². The zero-order chi connectivity index (χ0) is 15.6. The minimum Gasteiger partial charge on any atom is -0.550 e. The Balaban J connectivity index is 0.00000242. The first-order valence-corrected chi connectivity index (χ1v) is 7.67. The molecule has 9 nitrogen and oxygen atoms in total. The molecular weight excluding hydrogens is 506 g/mol. The summed E-state index contributed by atoms with van der Waals surface area (Å²) in [7, 11) is -4.08. The predicted molar refractivity (Wildman–Crippen MR) is 71.0 cm³/mol. The monoisotopic (exact) mass is 522 g/mol. The van der Waals surface area contributed by atoms with Crippen molar-refractivity contribution in [3.8, 4) is 0 Å². The Bertz CT molecular complexity index is 606. The standard InChI is InChI=1S/C11H16N4O5S.2Rh/c1-6-2-9(14-5-13-6)15-8-3-7(10(16)11(8)17)4-20-21(12,18)19;;/h7-8,10-11,16-17H,3-4H2,1H3,(H2,12,18,19)(H,13,14,15);;/q-2;;/t7-,8+,10+,11-;;/m0../s1. The molecule has 1 saturated carbocycles. The van der Waals surface area contributed by atoms with Crippen LogP contribution in [-0.2, 0) is 53.4 Å². The van der Waals surface area contributed by atoms with Gasteiger partial charge < -0.3 is 31.6 Å². The molecule has 0 saturated heterocycles. The molecule has 0 unspecified atom stereocenters. The number of aliphatic hydroxyl groups excluding tert-OH is 2.